The first kappa shape index (κ1) is 16.4. The molecule has 2 aromatic rings. The average Bonchev–Trinajstić information content (AvgIpc) is 2.59. The first-order valence-electron chi connectivity index (χ1n) is 8.34. The number of carbonyl (C=O) groups is 1. The SMILES string of the molecule is Cc1ccc(=O)n(CC(=O)N2CCC[C@@H](Cc3ccccn3)C2)n1. The number of aromatic nitrogens is 3. The summed E-state index contributed by atoms with van der Waals surface area (Å²) < 4.78 is 1.25. The topological polar surface area (TPSA) is 68.1 Å². The smallest absolute Gasteiger partial charge is 0.267 e. The molecule has 0 radical (unpaired) electrons. The van der Waals surface area contributed by atoms with Gasteiger partial charge in [-0.05, 0) is 50.3 Å². The summed E-state index contributed by atoms with van der Waals surface area (Å²) >= 11 is 0. The van der Waals surface area contributed by atoms with Crippen molar-refractivity contribution < 1.29 is 4.79 Å². The Labute approximate surface area is 141 Å². The summed E-state index contributed by atoms with van der Waals surface area (Å²) in [6, 6.07) is 9.04. The van der Waals surface area contributed by atoms with Crippen molar-refractivity contribution in [2.75, 3.05) is 13.1 Å². The molecular formula is C18H22N4O2. The summed E-state index contributed by atoms with van der Waals surface area (Å²) in [6.07, 6.45) is 4.77. The van der Waals surface area contributed by atoms with Crippen molar-refractivity contribution in [2.24, 2.45) is 5.92 Å². The van der Waals surface area contributed by atoms with Crippen molar-refractivity contribution in [1.82, 2.24) is 19.7 Å². The fourth-order valence-corrected chi connectivity index (χ4v) is 3.17. The van der Waals surface area contributed by atoms with Crippen LogP contribution in [-0.2, 0) is 17.8 Å². The van der Waals surface area contributed by atoms with Gasteiger partial charge in [0.1, 0.15) is 6.54 Å². The lowest BCUT2D eigenvalue weighted by Gasteiger charge is -2.32. The molecule has 0 aromatic carbocycles. The maximum Gasteiger partial charge on any atom is 0.267 e. The van der Waals surface area contributed by atoms with E-state index in [-0.39, 0.29) is 18.0 Å². The Bertz CT molecular complexity index is 757. The van der Waals surface area contributed by atoms with E-state index in [0.717, 1.165) is 43.7 Å². The zero-order chi connectivity index (χ0) is 16.9. The lowest BCUT2D eigenvalue weighted by Crippen LogP contribution is -2.43. The lowest BCUT2D eigenvalue weighted by atomic mass is 9.93. The van der Waals surface area contributed by atoms with Crippen molar-refractivity contribution in [3.63, 3.8) is 0 Å². The van der Waals surface area contributed by atoms with E-state index in [1.165, 1.54) is 10.7 Å². The summed E-state index contributed by atoms with van der Waals surface area (Å²) in [7, 11) is 0. The van der Waals surface area contributed by atoms with Crippen LogP contribution in [0.3, 0.4) is 0 Å². The summed E-state index contributed by atoms with van der Waals surface area (Å²) in [5.74, 6) is 0.376. The first-order valence-corrected chi connectivity index (χ1v) is 8.34. The molecule has 1 amide bonds. The van der Waals surface area contributed by atoms with Crippen molar-refractivity contribution in [2.45, 2.75) is 32.7 Å². The van der Waals surface area contributed by atoms with Gasteiger partial charge in [-0.25, -0.2) is 4.68 Å². The Kier molecular flexibility index (Phi) is 5.03. The summed E-state index contributed by atoms with van der Waals surface area (Å²) in [6.45, 7) is 3.29. The van der Waals surface area contributed by atoms with Gasteiger partial charge in [-0.15, -0.1) is 0 Å². The van der Waals surface area contributed by atoms with E-state index in [4.69, 9.17) is 0 Å². The highest BCUT2D eigenvalue weighted by Crippen LogP contribution is 2.20. The van der Waals surface area contributed by atoms with Gasteiger partial charge in [-0.3, -0.25) is 14.6 Å². The predicted octanol–water partition coefficient (Wildman–Crippen LogP) is 1.43. The standard InChI is InChI=1S/C18H22N4O2/c1-14-7-8-17(23)22(20-14)13-18(24)21-10-4-5-15(12-21)11-16-6-2-3-9-19-16/h2-3,6-9,15H,4-5,10-13H2,1H3/t15-/m0/s1. The largest absolute Gasteiger partial charge is 0.341 e. The van der Waals surface area contributed by atoms with Crippen LogP contribution >= 0.6 is 0 Å². The van der Waals surface area contributed by atoms with E-state index in [1.54, 1.807) is 12.3 Å². The van der Waals surface area contributed by atoms with Gasteiger partial charge in [0.05, 0.1) is 5.69 Å². The van der Waals surface area contributed by atoms with Gasteiger partial charge in [0.2, 0.25) is 5.91 Å². The summed E-state index contributed by atoms with van der Waals surface area (Å²) in [4.78, 5) is 30.6. The summed E-state index contributed by atoms with van der Waals surface area (Å²) in [5, 5.41) is 4.14. The number of aryl methyl sites for hydroxylation is 1. The minimum absolute atomic E-state index is 0.0107. The number of amides is 1. The Balaban J connectivity index is 1.62. The van der Waals surface area contributed by atoms with Crippen LogP contribution in [0.25, 0.3) is 0 Å². The molecule has 1 fully saturated rings. The van der Waals surface area contributed by atoms with Crippen molar-refractivity contribution in [1.29, 1.82) is 0 Å². The number of pyridine rings is 1. The van der Waals surface area contributed by atoms with E-state index in [2.05, 4.69) is 10.1 Å². The number of rotatable bonds is 4. The molecule has 1 aliphatic rings. The molecule has 0 unspecified atom stereocenters. The molecule has 1 saturated heterocycles. The van der Waals surface area contributed by atoms with Crippen LogP contribution in [0.5, 0.6) is 0 Å². The van der Waals surface area contributed by atoms with Gasteiger partial charge in [0.15, 0.2) is 0 Å². The zero-order valence-corrected chi connectivity index (χ0v) is 13.9. The minimum atomic E-state index is -0.240. The van der Waals surface area contributed by atoms with Crippen molar-refractivity contribution in [3.05, 3.63) is 58.3 Å². The maximum atomic E-state index is 12.5. The van der Waals surface area contributed by atoms with Crippen molar-refractivity contribution >= 4 is 5.91 Å². The quantitative estimate of drug-likeness (QED) is 0.852. The molecule has 2 aromatic heterocycles. The lowest BCUT2D eigenvalue weighted by molar-refractivity contribution is -0.133. The van der Waals surface area contributed by atoms with Gasteiger partial charge < -0.3 is 4.90 Å². The fourth-order valence-electron chi connectivity index (χ4n) is 3.17. The number of nitrogens with zero attached hydrogens (tertiary/aromatic N) is 4. The molecule has 3 rings (SSSR count). The van der Waals surface area contributed by atoms with Crippen LogP contribution < -0.4 is 5.56 Å². The number of hydrogen-bond donors (Lipinski definition) is 0. The van der Waals surface area contributed by atoms with Gasteiger partial charge >= 0.3 is 0 Å². The molecule has 24 heavy (non-hydrogen) atoms. The highest BCUT2D eigenvalue weighted by molar-refractivity contribution is 5.76. The molecule has 0 aliphatic carbocycles. The van der Waals surface area contributed by atoms with E-state index < -0.39 is 0 Å². The molecule has 126 valence electrons. The first-order chi connectivity index (χ1) is 11.6. The van der Waals surface area contributed by atoms with Crippen LogP contribution in [0.15, 0.2) is 41.3 Å². The molecular weight excluding hydrogens is 304 g/mol. The molecule has 1 atom stereocenters. The molecule has 6 heteroatoms. The van der Waals surface area contributed by atoms with E-state index in [1.807, 2.05) is 30.0 Å². The second-order valence-corrected chi connectivity index (χ2v) is 6.34. The van der Waals surface area contributed by atoms with Crippen LogP contribution in [0.1, 0.15) is 24.2 Å². The number of likely N-dealkylation sites (tertiary alicyclic amines) is 1. The van der Waals surface area contributed by atoms with Crippen molar-refractivity contribution in [3.8, 4) is 0 Å². The molecule has 3 heterocycles. The normalized spacial score (nSPS) is 17.7. The number of carbonyl (C=O) groups excluding carboxylic acids is 1. The molecule has 0 saturated carbocycles. The van der Waals surface area contributed by atoms with Crippen LogP contribution in [-0.4, -0.2) is 38.7 Å². The molecule has 1 aliphatic heterocycles. The van der Waals surface area contributed by atoms with Crippen LogP contribution in [0.2, 0.25) is 0 Å². The van der Waals surface area contributed by atoms with Gasteiger partial charge in [-0.2, -0.15) is 5.10 Å². The Morgan fingerprint density at radius 3 is 2.96 bits per heavy atom. The minimum Gasteiger partial charge on any atom is -0.341 e. The third kappa shape index (κ3) is 4.07. The predicted molar refractivity (Wildman–Crippen MR) is 90.5 cm³/mol. The fraction of sp³-hybridized carbons (Fsp3) is 0.444. The van der Waals surface area contributed by atoms with Crippen LogP contribution in [0, 0.1) is 12.8 Å². The average molecular weight is 326 g/mol. The van der Waals surface area contributed by atoms with E-state index >= 15 is 0 Å². The van der Waals surface area contributed by atoms with E-state index in [9.17, 15) is 9.59 Å². The van der Waals surface area contributed by atoms with E-state index in [0.29, 0.717) is 5.92 Å². The Hall–Kier alpha value is -2.50. The molecule has 0 N–H and O–H groups in total. The van der Waals surface area contributed by atoms with Gasteiger partial charge in [0, 0.05) is 31.0 Å². The maximum absolute atomic E-state index is 12.5. The number of hydrogen-bond acceptors (Lipinski definition) is 4. The molecule has 0 bridgehead atoms. The van der Waals surface area contributed by atoms with Crippen LogP contribution in [0.4, 0.5) is 0 Å². The number of piperidine rings is 1. The second-order valence-electron chi connectivity index (χ2n) is 6.34. The zero-order valence-electron chi connectivity index (χ0n) is 13.9. The second kappa shape index (κ2) is 7.38. The molecule has 0 spiro atoms. The Morgan fingerprint density at radius 1 is 1.29 bits per heavy atom. The monoisotopic (exact) mass is 326 g/mol. The third-order valence-corrected chi connectivity index (χ3v) is 4.38. The Morgan fingerprint density at radius 2 is 2.17 bits per heavy atom. The summed E-state index contributed by atoms with van der Waals surface area (Å²) in [5.41, 5.74) is 1.55. The highest BCUT2D eigenvalue weighted by Gasteiger charge is 2.24. The third-order valence-electron chi connectivity index (χ3n) is 4.38. The van der Waals surface area contributed by atoms with Gasteiger partial charge in [0.25, 0.3) is 5.56 Å². The highest BCUT2D eigenvalue weighted by atomic mass is 16.2. The van der Waals surface area contributed by atoms with Gasteiger partial charge in [-0.1, -0.05) is 6.07 Å². The molecule has 6 nitrogen and oxygen atoms in total.